The van der Waals surface area contributed by atoms with Gasteiger partial charge >= 0.3 is 0 Å². The molecule has 8 heteroatoms. The first-order chi connectivity index (χ1) is 12.9. The van der Waals surface area contributed by atoms with Crippen molar-refractivity contribution in [2.75, 3.05) is 19.6 Å². The van der Waals surface area contributed by atoms with E-state index >= 15 is 0 Å². The Morgan fingerprint density at radius 3 is 2.56 bits per heavy atom. The van der Waals surface area contributed by atoms with Crippen LogP contribution in [-0.4, -0.2) is 38.2 Å². The van der Waals surface area contributed by atoms with E-state index in [0.29, 0.717) is 18.0 Å². The molecule has 27 heavy (non-hydrogen) atoms. The van der Waals surface area contributed by atoms with Gasteiger partial charge in [-0.1, -0.05) is 36.4 Å². The molecule has 0 saturated carbocycles. The minimum absolute atomic E-state index is 0.0878. The number of ether oxygens (including phenoxy) is 2. The zero-order chi connectivity index (χ0) is 19.3. The van der Waals surface area contributed by atoms with Gasteiger partial charge in [0.15, 0.2) is 11.5 Å². The van der Waals surface area contributed by atoms with Crippen LogP contribution in [0.15, 0.2) is 48.5 Å². The molecule has 1 amide bonds. The van der Waals surface area contributed by atoms with Gasteiger partial charge in [-0.15, -0.1) is 0 Å². The maximum atomic E-state index is 12.1. The summed E-state index contributed by atoms with van der Waals surface area (Å²) in [5.74, 6) is 1.14. The van der Waals surface area contributed by atoms with Crippen LogP contribution < -0.4 is 14.8 Å². The zero-order valence-electron chi connectivity index (χ0n) is 15.1. The number of benzene rings is 2. The molecule has 0 unspecified atom stereocenters. The number of sulfonamides is 1. The zero-order valence-corrected chi connectivity index (χ0v) is 15.9. The Kier molecular flexibility index (Phi) is 5.98. The number of carbonyl (C=O) groups is 1. The average Bonchev–Trinajstić information content (AvgIpc) is 3.11. The topological polar surface area (TPSA) is 84.9 Å². The predicted molar refractivity (Wildman–Crippen MR) is 101 cm³/mol. The molecule has 1 N–H and O–H groups in total. The lowest BCUT2D eigenvalue weighted by Crippen LogP contribution is -2.34. The van der Waals surface area contributed by atoms with Gasteiger partial charge in [0.1, 0.15) is 0 Å². The maximum Gasteiger partial charge on any atom is 0.231 e. The second-order valence-corrected chi connectivity index (χ2v) is 8.28. The van der Waals surface area contributed by atoms with Crippen LogP contribution in [0, 0.1) is 0 Å². The van der Waals surface area contributed by atoms with Gasteiger partial charge in [-0.2, -0.15) is 4.31 Å². The van der Waals surface area contributed by atoms with Crippen molar-refractivity contribution < 1.29 is 22.7 Å². The van der Waals surface area contributed by atoms with Crippen LogP contribution in [0.25, 0.3) is 0 Å². The number of hydrogen-bond acceptors (Lipinski definition) is 5. The lowest BCUT2D eigenvalue weighted by molar-refractivity contribution is -0.121. The quantitative estimate of drug-likeness (QED) is 0.744. The number of nitrogens with zero attached hydrogens (tertiary/aromatic N) is 1. The molecule has 2 aromatic rings. The summed E-state index contributed by atoms with van der Waals surface area (Å²) in [5.41, 5.74) is 1.76. The molecule has 0 radical (unpaired) electrons. The number of rotatable bonds is 8. The third-order valence-corrected chi connectivity index (χ3v) is 5.44. The lowest BCUT2D eigenvalue weighted by atomic mass is 10.2. The molecule has 2 aromatic carbocycles. The van der Waals surface area contributed by atoms with E-state index in [2.05, 4.69) is 5.32 Å². The number of nitrogens with one attached hydrogen (secondary N) is 1. The largest absolute Gasteiger partial charge is 0.454 e. The van der Waals surface area contributed by atoms with Crippen LogP contribution in [0.4, 0.5) is 0 Å². The molecular weight excluding hydrogens is 368 g/mol. The highest BCUT2D eigenvalue weighted by molar-refractivity contribution is 7.88. The molecule has 1 aliphatic rings. The second-order valence-electron chi connectivity index (χ2n) is 6.30. The van der Waals surface area contributed by atoms with Crippen molar-refractivity contribution in [2.45, 2.75) is 19.5 Å². The predicted octanol–water partition coefficient (Wildman–Crippen LogP) is 1.88. The molecule has 1 aliphatic heterocycles. The smallest absolute Gasteiger partial charge is 0.231 e. The Hall–Kier alpha value is -2.58. The van der Waals surface area contributed by atoms with E-state index in [0.717, 1.165) is 17.4 Å². The molecule has 0 spiro atoms. The first-order valence-electron chi connectivity index (χ1n) is 8.56. The molecule has 0 aromatic heterocycles. The number of amides is 1. The molecule has 0 bridgehead atoms. The summed E-state index contributed by atoms with van der Waals surface area (Å²) in [4.78, 5) is 12.1. The van der Waals surface area contributed by atoms with Crippen molar-refractivity contribution in [3.8, 4) is 11.5 Å². The van der Waals surface area contributed by atoms with Crippen molar-refractivity contribution in [3.05, 3.63) is 59.7 Å². The van der Waals surface area contributed by atoms with Gasteiger partial charge in [0.25, 0.3) is 0 Å². The van der Waals surface area contributed by atoms with Gasteiger partial charge in [0.2, 0.25) is 22.7 Å². The van der Waals surface area contributed by atoms with Gasteiger partial charge < -0.3 is 14.8 Å². The summed E-state index contributed by atoms with van der Waals surface area (Å²) >= 11 is 0. The van der Waals surface area contributed by atoms with Crippen LogP contribution in [0.5, 0.6) is 11.5 Å². The summed E-state index contributed by atoms with van der Waals surface area (Å²) in [5, 5.41) is 2.80. The first-order valence-corrected chi connectivity index (χ1v) is 10.4. The van der Waals surface area contributed by atoms with E-state index in [1.54, 1.807) is 6.07 Å². The Morgan fingerprint density at radius 1 is 1.07 bits per heavy atom. The Bertz CT molecular complexity index is 900. The van der Waals surface area contributed by atoms with Gasteiger partial charge in [0, 0.05) is 26.1 Å². The highest BCUT2D eigenvalue weighted by Gasteiger charge is 2.18. The molecular formula is C19H22N2O5S. The molecule has 0 saturated heterocycles. The van der Waals surface area contributed by atoms with Crippen molar-refractivity contribution >= 4 is 15.9 Å². The minimum Gasteiger partial charge on any atom is -0.454 e. The van der Waals surface area contributed by atoms with Gasteiger partial charge in [-0.25, -0.2) is 8.42 Å². The molecule has 0 aliphatic carbocycles. The van der Waals surface area contributed by atoms with E-state index in [9.17, 15) is 13.2 Å². The molecule has 1 heterocycles. The van der Waals surface area contributed by atoms with Gasteiger partial charge in [0.05, 0.1) is 6.26 Å². The fourth-order valence-electron chi connectivity index (χ4n) is 2.72. The number of hydrogen-bond donors (Lipinski definition) is 1. The van der Waals surface area contributed by atoms with Crippen molar-refractivity contribution in [1.82, 2.24) is 9.62 Å². The van der Waals surface area contributed by atoms with Gasteiger partial charge in [-0.3, -0.25) is 4.79 Å². The second kappa shape index (κ2) is 8.41. The van der Waals surface area contributed by atoms with Crippen LogP contribution in [0.2, 0.25) is 0 Å². The third kappa shape index (κ3) is 5.45. The number of fused-ring (bicyclic) bond motifs is 1. The van der Waals surface area contributed by atoms with E-state index in [1.807, 2.05) is 42.5 Å². The standard InChI is InChI=1S/C19H22N2O5S/c1-27(23,24)21(13-15-5-3-2-4-6-15)10-9-19(22)20-12-16-7-8-17-18(11-16)26-14-25-17/h2-8,11H,9-10,12-14H2,1H3,(H,20,22). The summed E-state index contributed by atoms with van der Waals surface area (Å²) < 4.78 is 35.9. The first kappa shape index (κ1) is 19.2. The van der Waals surface area contributed by atoms with Crippen LogP contribution >= 0.6 is 0 Å². The van der Waals surface area contributed by atoms with Crippen molar-refractivity contribution in [1.29, 1.82) is 0 Å². The minimum atomic E-state index is -3.41. The molecule has 3 rings (SSSR count). The summed E-state index contributed by atoms with van der Waals surface area (Å²) in [7, 11) is -3.41. The normalized spacial score (nSPS) is 13.0. The maximum absolute atomic E-state index is 12.1. The van der Waals surface area contributed by atoms with Crippen molar-refractivity contribution in [2.24, 2.45) is 0 Å². The fourth-order valence-corrected chi connectivity index (χ4v) is 3.52. The Morgan fingerprint density at radius 2 is 1.81 bits per heavy atom. The monoisotopic (exact) mass is 390 g/mol. The Balaban J connectivity index is 1.51. The van der Waals surface area contributed by atoms with E-state index in [4.69, 9.17) is 9.47 Å². The summed E-state index contributed by atoms with van der Waals surface area (Å²) in [6.07, 6.45) is 1.24. The van der Waals surface area contributed by atoms with Crippen molar-refractivity contribution in [3.63, 3.8) is 0 Å². The molecule has 7 nitrogen and oxygen atoms in total. The van der Waals surface area contributed by atoms with E-state index in [1.165, 1.54) is 4.31 Å². The molecule has 0 fully saturated rings. The van der Waals surface area contributed by atoms with Crippen LogP contribution in [0.1, 0.15) is 17.5 Å². The SMILES string of the molecule is CS(=O)(=O)N(CCC(=O)NCc1ccc2c(c1)OCO2)Cc1ccccc1. The van der Waals surface area contributed by atoms with Crippen LogP contribution in [0.3, 0.4) is 0 Å². The highest BCUT2D eigenvalue weighted by Crippen LogP contribution is 2.32. The molecule has 144 valence electrons. The highest BCUT2D eigenvalue weighted by atomic mass is 32.2. The van der Waals surface area contributed by atoms with E-state index < -0.39 is 10.0 Å². The fraction of sp³-hybridized carbons (Fsp3) is 0.316. The van der Waals surface area contributed by atoms with E-state index in [-0.39, 0.29) is 32.2 Å². The lowest BCUT2D eigenvalue weighted by Gasteiger charge is -2.19. The van der Waals surface area contributed by atoms with Gasteiger partial charge in [-0.05, 0) is 23.3 Å². The average molecular weight is 390 g/mol. The van der Waals surface area contributed by atoms with Crippen LogP contribution in [-0.2, 0) is 27.9 Å². The Labute approximate surface area is 158 Å². The number of carbonyl (C=O) groups excluding carboxylic acids is 1. The summed E-state index contributed by atoms with van der Waals surface area (Å²) in [6, 6.07) is 14.8. The third-order valence-electron chi connectivity index (χ3n) is 4.19. The summed E-state index contributed by atoms with van der Waals surface area (Å²) in [6.45, 7) is 0.913. The molecule has 0 atom stereocenters.